The Hall–Kier alpha value is -0.300. The van der Waals surface area contributed by atoms with Gasteiger partial charge >= 0.3 is 0 Å². The van der Waals surface area contributed by atoms with Gasteiger partial charge < -0.3 is 0 Å². The molecule has 0 radical (unpaired) electrons. The maximum Gasteiger partial charge on any atom is 0.0743 e. The first-order chi connectivity index (χ1) is 4.20. The summed E-state index contributed by atoms with van der Waals surface area (Å²) in [6, 6.07) is 0.246. The third-order valence-electron chi connectivity index (χ3n) is 1.40. The molecule has 2 atom stereocenters. The minimum atomic E-state index is 0.0926. The zero-order chi connectivity index (χ0) is 6.85. The van der Waals surface area contributed by atoms with E-state index < -0.39 is 0 Å². The molecule has 0 bridgehead atoms. The zero-order valence-corrected chi connectivity index (χ0v) is 6.39. The van der Waals surface area contributed by atoms with Gasteiger partial charge in [-0.05, 0) is 19.4 Å². The fourth-order valence-corrected chi connectivity index (χ4v) is 1.01. The van der Waals surface area contributed by atoms with Crippen LogP contribution in [0.25, 0.3) is 0 Å². The highest BCUT2D eigenvalue weighted by Gasteiger charge is 2.12. The number of halogens is 1. The monoisotopic (exact) mass is 143 g/mol. The molecule has 0 aromatic heterocycles. The summed E-state index contributed by atoms with van der Waals surface area (Å²) in [5.74, 6) is 0. The Balaban J connectivity index is 2.70. The summed E-state index contributed by atoms with van der Waals surface area (Å²) in [6.45, 7) is 4.02. The van der Waals surface area contributed by atoms with E-state index in [0.29, 0.717) is 0 Å². The van der Waals surface area contributed by atoms with Crippen LogP contribution < -0.4 is 0 Å². The number of nitrogens with zero attached hydrogens (tertiary/aromatic N) is 1. The number of rotatable bonds is 0. The normalized spacial score (nSPS) is 34.3. The molecule has 1 aliphatic heterocycles. The highest BCUT2D eigenvalue weighted by atomic mass is 35.5. The largest absolute Gasteiger partial charge is 0.288 e. The van der Waals surface area contributed by atoms with Crippen LogP contribution >= 0.6 is 11.6 Å². The summed E-state index contributed by atoms with van der Waals surface area (Å²) >= 11 is 5.87. The van der Waals surface area contributed by atoms with Crippen molar-refractivity contribution in [2.75, 3.05) is 0 Å². The molecular formula is C7H10ClN. The molecule has 1 heterocycles. The van der Waals surface area contributed by atoms with E-state index in [1.54, 1.807) is 0 Å². The van der Waals surface area contributed by atoms with Crippen LogP contribution in [0, 0.1) is 0 Å². The van der Waals surface area contributed by atoms with Gasteiger partial charge in [0.1, 0.15) is 0 Å². The van der Waals surface area contributed by atoms with E-state index in [2.05, 4.69) is 4.99 Å². The molecule has 0 aliphatic carbocycles. The lowest BCUT2D eigenvalue weighted by molar-refractivity contribution is 0.759. The van der Waals surface area contributed by atoms with E-state index in [4.69, 9.17) is 11.6 Å². The molecule has 0 amide bonds. The van der Waals surface area contributed by atoms with Crippen molar-refractivity contribution in [1.82, 2.24) is 0 Å². The van der Waals surface area contributed by atoms with Crippen molar-refractivity contribution in [3.8, 4) is 0 Å². The second kappa shape index (κ2) is 2.53. The second-order valence-electron chi connectivity index (χ2n) is 2.37. The molecule has 1 nitrogen and oxygen atoms in total. The first-order valence-corrected chi connectivity index (χ1v) is 3.49. The van der Waals surface area contributed by atoms with Crippen molar-refractivity contribution >= 4 is 17.8 Å². The summed E-state index contributed by atoms with van der Waals surface area (Å²) in [5.41, 5.74) is 1.16. The van der Waals surface area contributed by atoms with E-state index >= 15 is 0 Å². The molecule has 1 rings (SSSR count). The summed E-state index contributed by atoms with van der Waals surface area (Å²) in [4.78, 5) is 4.17. The van der Waals surface area contributed by atoms with E-state index in [1.165, 1.54) is 0 Å². The SMILES string of the molecule is CC1=CC(Cl)C(C)N=C1. The number of hydrogen-bond acceptors (Lipinski definition) is 1. The topological polar surface area (TPSA) is 12.4 Å². The molecule has 0 N–H and O–H groups in total. The molecule has 9 heavy (non-hydrogen) atoms. The van der Waals surface area contributed by atoms with Gasteiger partial charge in [-0.25, -0.2) is 0 Å². The van der Waals surface area contributed by atoms with Crippen LogP contribution in [0.15, 0.2) is 16.6 Å². The number of dihydropyridines is 1. The quantitative estimate of drug-likeness (QED) is 0.460. The van der Waals surface area contributed by atoms with E-state index in [1.807, 2.05) is 26.1 Å². The second-order valence-corrected chi connectivity index (χ2v) is 2.88. The third kappa shape index (κ3) is 1.55. The molecule has 2 heteroatoms. The lowest BCUT2D eigenvalue weighted by atomic mass is 10.1. The molecule has 0 spiro atoms. The lowest BCUT2D eigenvalue weighted by Crippen LogP contribution is -2.16. The predicted molar refractivity (Wildman–Crippen MR) is 41.4 cm³/mol. The van der Waals surface area contributed by atoms with Crippen molar-refractivity contribution in [3.63, 3.8) is 0 Å². The van der Waals surface area contributed by atoms with Crippen molar-refractivity contribution in [2.45, 2.75) is 25.3 Å². The molecule has 0 aromatic carbocycles. The molecule has 0 fully saturated rings. The van der Waals surface area contributed by atoms with Gasteiger partial charge in [0.15, 0.2) is 0 Å². The Morgan fingerprint density at radius 2 is 2.33 bits per heavy atom. The van der Waals surface area contributed by atoms with Gasteiger partial charge in [0.05, 0.1) is 11.4 Å². The molecule has 50 valence electrons. The van der Waals surface area contributed by atoms with Gasteiger partial charge in [-0.2, -0.15) is 0 Å². The Morgan fingerprint density at radius 3 is 2.78 bits per heavy atom. The average molecular weight is 144 g/mol. The van der Waals surface area contributed by atoms with Gasteiger partial charge in [-0.15, -0.1) is 11.6 Å². The highest BCUT2D eigenvalue weighted by Crippen LogP contribution is 2.13. The molecule has 0 saturated heterocycles. The van der Waals surface area contributed by atoms with Crippen LogP contribution in [0.3, 0.4) is 0 Å². The van der Waals surface area contributed by atoms with Crippen molar-refractivity contribution in [2.24, 2.45) is 4.99 Å². The van der Waals surface area contributed by atoms with E-state index in [-0.39, 0.29) is 11.4 Å². The Bertz CT molecular complexity index is 160. The van der Waals surface area contributed by atoms with Gasteiger partial charge in [-0.3, -0.25) is 4.99 Å². The Morgan fingerprint density at radius 1 is 1.67 bits per heavy atom. The van der Waals surface area contributed by atoms with Crippen molar-refractivity contribution in [3.05, 3.63) is 11.6 Å². The third-order valence-corrected chi connectivity index (χ3v) is 1.89. The number of aliphatic imine (C=N–C) groups is 1. The zero-order valence-electron chi connectivity index (χ0n) is 5.63. The maximum atomic E-state index is 5.87. The van der Waals surface area contributed by atoms with Crippen LogP contribution in [0.1, 0.15) is 13.8 Å². The van der Waals surface area contributed by atoms with Crippen LogP contribution in [0.2, 0.25) is 0 Å². The summed E-state index contributed by atoms with van der Waals surface area (Å²) in [6.07, 6.45) is 3.89. The molecule has 0 aromatic rings. The van der Waals surface area contributed by atoms with Gasteiger partial charge in [0.25, 0.3) is 0 Å². The van der Waals surface area contributed by atoms with Gasteiger partial charge in [-0.1, -0.05) is 6.08 Å². The molecule has 0 saturated carbocycles. The van der Waals surface area contributed by atoms with Gasteiger partial charge in [0.2, 0.25) is 0 Å². The minimum absolute atomic E-state index is 0.0926. The van der Waals surface area contributed by atoms with E-state index in [0.717, 1.165) is 5.57 Å². The predicted octanol–water partition coefficient (Wildman–Crippen LogP) is 2.01. The van der Waals surface area contributed by atoms with Crippen molar-refractivity contribution < 1.29 is 0 Å². The molecule has 2 unspecified atom stereocenters. The molecule has 1 aliphatic rings. The first kappa shape index (κ1) is 6.81. The summed E-state index contributed by atoms with van der Waals surface area (Å²) in [7, 11) is 0. The first-order valence-electron chi connectivity index (χ1n) is 3.06. The number of hydrogen-bond donors (Lipinski definition) is 0. The lowest BCUT2D eigenvalue weighted by Gasteiger charge is -2.14. The van der Waals surface area contributed by atoms with Crippen LogP contribution in [0.5, 0.6) is 0 Å². The highest BCUT2D eigenvalue weighted by molar-refractivity contribution is 6.22. The smallest absolute Gasteiger partial charge is 0.0743 e. The number of alkyl halides is 1. The Kier molecular flexibility index (Phi) is 1.91. The van der Waals surface area contributed by atoms with E-state index in [9.17, 15) is 0 Å². The van der Waals surface area contributed by atoms with Crippen LogP contribution in [-0.4, -0.2) is 17.6 Å². The molecular weight excluding hydrogens is 134 g/mol. The maximum absolute atomic E-state index is 5.87. The Labute approximate surface area is 60.4 Å². The summed E-state index contributed by atoms with van der Waals surface area (Å²) < 4.78 is 0. The fourth-order valence-electron chi connectivity index (χ4n) is 0.751. The average Bonchev–Trinajstić information content (AvgIpc) is 1.80. The minimum Gasteiger partial charge on any atom is -0.288 e. The fraction of sp³-hybridized carbons (Fsp3) is 0.571. The standard InChI is InChI=1S/C7H10ClN/c1-5-3-7(8)6(2)9-4-5/h3-4,6-7H,1-2H3. The van der Waals surface area contributed by atoms with Crippen molar-refractivity contribution in [1.29, 1.82) is 0 Å². The number of allylic oxidation sites excluding steroid dienone is 1. The summed E-state index contributed by atoms with van der Waals surface area (Å²) in [5, 5.41) is 0.0926. The van der Waals surface area contributed by atoms with Crippen LogP contribution in [-0.2, 0) is 0 Å². The van der Waals surface area contributed by atoms with Gasteiger partial charge in [0, 0.05) is 6.21 Å². The van der Waals surface area contributed by atoms with Crippen LogP contribution in [0.4, 0.5) is 0 Å².